The number of nitrogens with one attached hydrogen (secondary N) is 1. The molecule has 0 radical (unpaired) electrons. The molecule has 1 aromatic heterocycles. The molecule has 72 valence electrons. The third-order valence-corrected chi connectivity index (χ3v) is 2.03. The summed E-state index contributed by atoms with van der Waals surface area (Å²) in [5, 5.41) is 13.0. The number of hydrogen-bond acceptors (Lipinski definition) is 3. The van der Waals surface area contributed by atoms with Crippen LogP contribution in [0.15, 0.2) is 24.5 Å². The Labute approximate surface area is 78.8 Å². The second kappa shape index (κ2) is 4.94. The van der Waals surface area contributed by atoms with Crippen molar-refractivity contribution in [3.8, 4) is 0 Å². The van der Waals surface area contributed by atoms with Gasteiger partial charge in [-0.3, -0.25) is 4.98 Å². The average molecular weight is 180 g/mol. The van der Waals surface area contributed by atoms with E-state index in [4.69, 9.17) is 0 Å². The summed E-state index contributed by atoms with van der Waals surface area (Å²) >= 11 is 0. The lowest BCUT2D eigenvalue weighted by atomic mass is 10.1. The van der Waals surface area contributed by atoms with Crippen LogP contribution in [0.4, 0.5) is 0 Å². The summed E-state index contributed by atoms with van der Waals surface area (Å²) < 4.78 is 0. The smallest absolute Gasteiger partial charge is 0.0955 e. The predicted octanol–water partition coefficient (Wildman–Crippen LogP) is 1.11. The van der Waals surface area contributed by atoms with E-state index in [0.29, 0.717) is 0 Å². The van der Waals surface area contributed by atoms with Crippen molar-refractivity contribution < 1.29 is 5.11 Å². The summed E-state index contributed by atoms with van der Waals surface area (Å²) in [7, 11) is 0. The van der Waals surface area contributed by atoms with Gasteiger partial charge in [0.15, 0.2) is 0 Å². The van der Waals surface area contributed by atoms with Gasteiger partial charge in [-0.05, 0) is 19.5 Å². The minimum atomic E-state index is -0.478. The van der Waals surface area contributed by atoms with Crippen LogP contribution in [-0.2, 0) is 0 Å². The zero-order valence-corrected chi connectivity index (χ0v) is 8.07. The zero-order chi connectivity index (χ0) is 9.68. The molecule has 3 nitrogen and oxygen atoms in total. The second-order valence-corrected chi connectivity index (χ2v) is 3.08. The first-order valence-corrected chi connectivity index (χ1v) is 4.57. The summed E-state index contributed by atoms with van der Waals surface area (Å²) in [5.41, 5.74) is 0.857. The number of hydrogen-bond donors (Lipinski definition) is 2. The van der Waals surface area contributed by atoms with Gasteiger partial charge in [0.1, 0.15) is 0 Å². The highest BCUT2D eigenvalue weighted by atomic mass is 16.3. The van der Waals surface area contributed by atoms with E-state index in [1.54, 1.807) is 12.4 Å². The fourth-order valence-corrected chi connectivity index (χ4v) is 1.27. The number of rotatable bonds is 4. The Bertz CT molecular complexity index is 238. The number of aliphatic hydroxyl groups excluding tert-OH is 1. The maximum absolute atomic E-state index is 9.82. The van der Waals surface area contributed by atoms with Crippen molar-refractivity contribution in [2.45, 2.75) is 26.0 Å². The van der Waals surface area contributed by atoms with Crippen molar-refractivity contribution in [3.05, 3.63) is 30.1 Å². The molecule has 0 saturated carbocycles. The molecule has 13 heavy (non-hydrogen) atoms. The number of aliphatic hydroxyl groups is 1. The van der Waals surface area contributed by atoms with Crippen LogP contribution in [-0.4, -0.2) is 22.7 Å². The van der Waals surface area contributed by atoms with Crippen LogP contribution in [0.25, 0.3) is 0 Å². The van der Waals surface area contributed by atoms with Crippen molar-refractivity contribution in [1.29, 1.82) is 0 Å². The normalized spacial score (nSPS) is 15.3. The third-order valence-electron chi connectivity index (χ3n) is 2.03. The monoisotopic (exact) mass is 180 g/mol. The summed E-state index contributed by atoms with van der Waals surface area (Å²) in [4.78, 5) is 3.96. The SMILES string of the molecule is CCNC(C)C(O)c1cccnc1. The van der Waals surface area contributed by atoms with Gasteiger partial charge >= 0.3 is 0 Å². The Morgan fingerprint density at radius 1 is 1.62 bits per heavy atom. The van der Waals surface area contributed by atoms with E-state index in [1.807, 2.05) is 26.0 Å². The molecule has 2 N–H and O–H groups in total. The van der Waals surface area contributed by atoms with Gasteiger partial charge in [0, 0.05) is 24.0 Å². The van der Waals surface area contributed by atoms with Crippen LogP contribution < -0.4 is 5.32 Å². The molecule has 0 aromatic carbocycles. The number of nitrogens with zero attached hydrogens (tertiary/aromatic N) is 1. The molecule has 2 atom stereocenters. The van der Waals surface area contributed by atoms with Gasteiger partial charge < -0.3 is 10.4 Å². The number of aromatic nitrogens is 1. The first kappa shape index (κ1) is 10.2. The van der Waals surface area contributed by atoms with E-state index in [0.717, 1.165) is 12.1 Å². The molecule has 0 amide bonds. The highest BCUT2D eigenvalue weighted by molar-refractivity contribution is 5.13. The molecule has 1 aromatic rings. The lowest BCUT2D eigenvalue weighted by molar-refractivity contribution is 0.137. The van der Waals surface area contributed by atoms with Crippen LogP contribution in [0, 0.1) is 0 Å². The summed E-state index contributed by atoms with van der Waals surface area (Å²) in [5.74, 6) is 0. The van der Waals surface area contributed by atoms with Crippen LogP contribution in [0.3, 0.4) is 0 Å². The van der Waals surface area contributed by atoms with Crippen molar-refractivity contribution in [1.82, 2.24) is 10.3 Å². The van der Waals surface area contributed by atoms with Gasteiger partial charge in [-0.2, -0.15) is 0 Å². The molecule has 3 heteroatoms. The molecule has 0 aliphatic heterocycles. The number of pyridine rings is 1. The third kappa shape index (κ3) is 2.79. The summed E-state index contributed by atoms with van der Waals surface area (Å²) in [6.07, 6.45) is 2.92. The summed E-state index contributed by atoms with van der Waals surface area (Å²) in [6, 6.07) is 3.78. The summed E-state index contributed by atoms with van der Waals surface area (Å²) in [6.45, 7) is 4.84. The van der Waals surface area contributed by atoms with Crippen molar-refractivity contribution in [2.75, 3.05) is 6.54 Å². The highest BCUT2D eigenvalue weighted by Gasteiger charge is 2.14. The van der Waals surface area contributed by atoms with Gasteiger partial charge in [-0.15, -0.1) is 0 Å². The molecule has 2 unspecified atom stereocenters. The van der Waals surface area contributed by atoms with Gasteiger partial charge in [0.25, 0.3) is 0 Å². The highest BCUT2D eigenvalue weighted by Crippen LogP contribution is 2.14. The van der Waals surface area contributed by atoms with E-state index < -0.39 is 6.10 Å². The molecule has 1 heterocycles. The van der Waals surface area contributed by atoms with Crippen molar-refractivity contribution in [2.24, 2.45) is 0 Å². The fraction of sp³-hybridized carbons (Fsp3) is 0.500. The molecule has 0 saturated heterocycles. The minimum absolute atomic E-state index is 0.0641. The van der Waals surface area contributed by atoms with Crippen LogP contribution in [0.1, 0.15) is 25.5 Å². The average Bonchev–Trinajstić information content (AvgIpc) is 2.18. The van der Waals surface area contributed by atoms with Crippen LogP contribution in [0.5, 0.6) is 0 Å². The molecule has 0 fully saturated rings. The van der Waals surface area contributed by atoms with E-state index in [9.17, 15) is 5.11 Å². The molecule has 0 bridgehead atoms. The lowest BCUT2D eigenvalue weighted by Crippen LogP contribution is -2.31. The van der Waals surface area contributed by atoms with Crippen LogP contribution >= 0.6 is 0 Å². The molecule has 0 aliphatic carbocycles. The van der Waals surface area contributed by atoms with Crippen molar-refractivity contribution >= 4 is 0 Å². The predicted molar refractivity (Wildman–Crippen MR) is 52.3 cm³/mol. The van der Waals surface area contributed by atoms with Crippen LogP contribution in [0.2, 0.25) is 0 Å². The molecular weight excluding hydrogens is 164 g/mol. The Balaban J connectivity index is 2.62. The van der Waals surface area contributed by atoms with Gasteiger partial charge in [0.2, 0.25) is 0 Å². The fourth-order valence-electron chi connectivity index (χ4n) is 1.27. The minimum Gasteiger partial charge on any atom is -0.387 e. The Kier molecular flexibility index (Phi) is 3.86. The Hall–Kier alpha value is -0.930. The molecular formula is C10H16N2O. The number of likely N-dealkylation sites (N-methyl/N-ethyl adjacent to an activating group) is 1. The maximum atomic E-state index is 9.82. The first-order chi connectivity index (χ1) is 6.25. The van der Waals surface area contributed by atoms with Gasteiger partial charge in [-0.25, -0.2) is 0 Å². The standard InChI is InChI=1S/C10H16N2O/c1-3-12-8(2)10(13)9-5-4-6-11-7-9/h4-8,10,12-13H,3H2,1-2H3. The lowest BCUT2D eigenvalue weighted by Gasteiger charge is -2.19. The van der Waals surface area contributed by atoms with E-state index in [2.05, 4.69) is 10.3 Å². The van der Waals surface area contributed by atoms with E-state index in [1.165, 1.54) is 0 Å². The Morgan fingerprint density at radius 3 is 2.92 bits per heavy atom. The maximum Gasteiger partial charge on any atom is 0.0955 e. The molecule has 1 rings (SSSR count). The quantitative estimate of drug-likeness (QED) is 0.729. The van der Waals surface area contributed by atoms with E-state index in [-0.39, 0.29) is 6.04 Å². The second-order valence-electron chi connectivity index (χ2n) is 3.08. The van der Waals surface area contributed by atoms with Gasteiger partial charge in [0.05, 0.1) is 6.10 Å². The van der Waals surface area contributed by atoms with E-state index >= 15 is 0 Å². The molecule has 0 spiro atoms. The van der Waals surface area contributed by atoms with Crippen molar-refractivity contribution in [3.63, 3.8) is 0 Å². The topological polar surface area (TPSA) is 45.1 Å². The van der Waals surface area contributed by atoms with Gasteiger partial charge in [-0.1, -0.05) is 13.0 Å². The first-order valence-electron chi connectivity index (χ1n) is 4.57. The Morgan fingerprint density at radius 2 is 2.38 bits per heavy atom. The largest absolute Gasteiger partial charge is 0.387 e. The molecule has 0 aliphatic rings. The zero-order valence-electron chi connectivity index (χ0n) is 8.07.